The number of halogens is 1. The van der Waals surface area contributed by atoms with E-state index in [0.717, 1.165) is 17.1 Å². The molecule has 1 aromatic heterocycles. The van der Waals surface area contributed by atoms with Gasteiger partial charge in [-0.3, -0.25) is 4.79 Å². The Morgan fingerprint density at radius 3 is 2.78 bits per heavy atom. The second-order valence-corrected chi connectivity index (χ2v) is 4.26. The van der Waals surface area contributed by atoms with Crippen molar-refractivity contribution in [3.8, 4) is 11.3 Å². The zero-order chi connectivity index (χ0) is 13.0. The summed E-state index contributed by atoms with van der Waals surface area (Å²) in [7, 11) is 1.38. The number of aromatic nitrogens is 2. The molecule has 18 heavy (non-hydrogen) atoms. The van der Waals surface area contributed by atoms with Crippen LogP contribution in [0.5, 0.6) is 0 Å². The lowest BCUT2D eigenvalue weighted by atomic mass is 10.2. The van der Waals surface area contributed by atoms with Crippen molar-refractivity contribution >= 4 is 17.6 Å². The molecule has 0 bridgehead atoms. The van der Waals surface area contributed by atoms with Crippen molar-refractivity contribution in [2.24, 2.45) is 0 Å². The number of benzene rings is 1. The van der Waals surface area contributed by atoms with Crippen LogP contribution in [0, 0.1) is 0 Å². The van der Waals surface area contributed by atoms with Crippen molar-refractivity contribution in [3.05, 3.63) is 41.3 Å². The van der Waals surface area contributed by atoms with Gasteiger partial charge in [-0.1, -0.05) is 23.7 Å². The molecule has 0 aliphatic heterocycles. The lowest BCUT2D eigenvalue weighted by Gasteiger charge is -1.98. The van der Waals surface area contributed by atoms with Crippen molar-refractivity contribution in [3.63, 3.8) is 0 Å². The highest BCUT2D eigenvalue weighted by Crippen LogP contribution is 2.19. The van der Waals surface area contributed by atoms with E-state index in [4.69, 9.17) is 11.6 Å². The molecule has 0 atom stereocenters. The number of nitrogens with one attached hydrogen (secondary N) is 1. The Morgan fingerprint density at radius 2 is 2.11 bits per heavy atom. The smallest absolute Gasteiger partial charge is 0.305 e. The van der Waals surface area contributed by atoms with Gasteiger partial charge in [0.25, 0.3) is 0 Å². The minimum absolute atomic E-state index is 0.237. The third-order valence-corrected chi connectivity index (χ3v) is 2.83. The summed E-state index contributed by atoms with van der Waals surface area (Å²) >= 11 is 5.83. The summed E-state index contributed by atoms with van der Waals surface area (Å²) in [6, 6.07) is 7.48. The number of H-pyrrole nitrogens is 1. The van der Waals surface area contributed by atoms with Gasteiger partial charge in [-0.05, 0) is 17.7 Å². The highest BCUT2D eigenvalue weighted by molar-refractivity contribution is 6.30. The number of hydrogen-bond acceptors (Lipinski definition) is 3. The molecule has 2 aromatic rings. The van der Waals surface area contributed by atoms with Gasteiger partial charge in [0.15, 0.2) is 0 Å². The topological polar surface area (TPSA) is 55.0 Å². The van der Waals surface area contributed by atoms with Crippen LogP contribution < -0.4 is 0 Å². The lowest BCUT2D eigenvalue weighted by molar-refractivity contribution is -0.140. The van der Waals surface area contributed by atoms with Crippen molar-refractivity contribution < 1.29 is 9.53 Å². The maximum atomic E-state index is 11.0. The van der Waals surface area contributed by atoms with Crippen LogP contribution in [-0.4, -0.2) is 23.0 Å². The van der Waals surface area contributed by atoms with E-state index in [1.165, 1.54) is 7.11 Å². The average Bonchev–Trinajstić information content (AvgIpc) is 2.85. The maximum Gasteiger partial charge on any atom is 0.305 e. The zero-order valence-electron chi connectivity index (χ0n) is 9.94. The third-order valence-electron chi connectivity index (χ3n) is 2.58. The Bertz CT molecular complexity index is 534. The number of imidazole rings is 1. The summed E-state index contributed by atoms with van der Waals surface area (Å²) in [5.74, 6) is 0.532. The molecule has 1 aromatic carbocycles. The first-order valence-corrected chi connectivity index (χ1v) is 5.93. The highest BCUT2D eigenvalue weighted by atomic mass is 35.5. The summed E-state index contributed by atoms with van der Waals surface area (Å²) in [4.78, 5) is 18.4. The highest BCUT2D eigenvalue weighted by Gasteiger charge is 2.06. The Kier molecular flexibility index (Phi) is 3.99. The molecular weight excluding hydrogens is 252 g/mol. The van der Waals surface area contributed by atoms with Crippen LogP contribution in [0.3, 0.4) is 0 Å². The molecule has 94 valence electrons. The molecule has 0 saturated heterocycles. The van der Waals surface area contributed by atoms with Crippen molar-refractivity contribution in [2.45, 2.75) is 12.8 Å². The predicted molar refractivity (Wildman–Crippen MR) is 69.4 cm³/mol. The second-order valence-electron chi connectivity index (χ2n) is 3.83. The average molecular weight is 265 g/mol. The van der Waals surface area contributed by atoms with E-state index >= 15 is 0 Å². The largest absolute Gasteiger partial charge is 0.469 e. The van der Waals surface area contributed by atoms with Crippen LogP contribution in [0.15, 0.2) is 30.5 Å². The molecule has 0 unspecified atom stereocenters. The monoisotopic (exact) mass is 264 g/mol. The van der Waals surface area contributed by atoms with Crippen LogP contribution in [-0.2, 0) is 16.0 Å². The number of aromatic amines is 1. The minimum atomic E-state index is -0.237. The number of hydrogen-bond donors (Lipinski definition) is 1. The molecule has 1 heterocycles. The van der Waals surface area contributed by atoms with Gasteiger partial charge in [-0.25, -0.2) is 4.98 Å². The van der Waals surface area contributed by atoms with Gasteiger partial charge in [0, 0.05) is 11.4 Å². The van der Waals surface area contributed by atoms with Crippen LogP contribution >= 0.6 is 11.6 Å². The first-order chi connectivity index (χ1) is 8.69. The summed E-state index contributed by atoms with van der Waals surface area (Å²) in [5.41, 5.74) is 1.92. The quantitative estimate of drug-likeness (QED) is 0.864. The fourth-order valence-corrected chi connectivity index (χ4v) is 1.71. The molecule has 0 fully saturated rings. The molecule has 0 amide bonds. The van der Waals surface area contributed by atoms with Gasteiger partial charge in [-0.2, -0.15) is 0 Å². The minimum Gasteiger partial charge on any atom is -0.469 e. The van der Waals surface area contributed by atoms with Gasteiger partial charge < -0.3 is 9.72 Å². The molecule has 0 spiro atoms. The van der Waals surface area contributed by atoms with E-state index in [0.29, 0.717) is 17.9 Å². The first-order valence-electron chi connectivity index (χ1n) is 5.55. The molecule has 1 N–H and O–H groups in total. The van der Waals surface area contributed by atoms with Gasteiger partial charge in [0.1, 0.15) is 5.82 Å². The van der Waals surface area contributed by atoms with E-state index in [-0.39, 0.29) is 5.97 Å². The molecule has 2 rings (SSSR count). The molecule has 0 saturated carbocycles. The number of carbonyl (C=O) groups excluding carboxylic acids is 1. The van der Waals surface area contributed by atoms with Crippen molar-refractivity contribution in [1.82, 2.24) is 9.97 Å². The summed E-state index contributed by atoms with van der Waals surface area (Å²) in [6.45, 7) is 0. The summed E-state index contributed by atoms with van der Waals surface area (Å²) in [5, 5.41) is 0.698. The summed E-state index contributed by atoms with van der Waals surface area (Å²) < 4.78 is 4.58. The van der Waals surface area contributed by atoms with E-state index in [1.807, 2.05) is 24.3 Å². The van der Waals surface area contributed by atoms with E-state index < -0.39 is 0 Å². The van der Waals surface area contributed by atoms with Crippen LogP contribution in [0.4, 0.5) is 0 Å². The number of methoxy groups -OCH3 is 1. The van der Waals surface area contributed by atoms with Crippen molar-refractivity contribution in [2.75, 3.05) is 7.11 Å². The molecular formula is C13H13ClN2O2. The maximum absolute atomic E-state index is 11.0. The normalized spacial score (nSPS) is 10.3. The Labute approximate surface area is 110 Å². The Balaban J connectivity index is 2.06. The van der Waals surface area contributed by atoms with Crippen molar-refractivity contribution in [1.29, 1.82) is 0 Å². The van der Waals surface area contributed by atoms with E-state index in [1.54, 1.807) is 6.20 Å². The van der Waals surface area contributed by atoms with Crippen LogP contribution in [0.1, 0.15) is 12.2 Å². The van der Waals surface area contributed by atoms with E-state index in [2.05, 4.69) is 14.7 Å². The number of carbonyl (C=O) groups is 1. The number of nitrogens with zero attached hydrogens (tertiary/aromatic N) is 1. The predicted octanol–water partition coefficient (Wildman–Crippen LogP) is 2.84. The molecule has 4 nitrogen and oxygen atoms in total. The first kappa shape index (κ1) is 12.6. The van der Waals surface area contributed by atoms with Gasteiger partial charge in [0.05, 0.1) is 25.4 Å². The van der Waals surface area contributed by atoms with Gasteiger partial charge in [-0.15, -0.1) is 0 Å². The Morgan fingerprint density at radius 1 is 1.39 bits per heavy atom. The number of esters is 1. The molecule has 0 aliphatic carbocycles. The second kappa shape index (κ2) is 5.69. The SMILES string of the molecule is COC(=O)CCc1ncc(-c2ccc(Cl)cc2)[nH]1. The molecule has 5 heteroatoms. The molecule has 0 aliphatic rings. The zero-order valence-corrected chi connectivity index (χ0v) is 10.7. The fourth-order valence-electron chi connectivity index (χ4n) is 1.59. The number of rotatable bonds is 4. The molecule has 0 radical (unpaired) electrons. The third kappa shape index (κ3) is 3.11. The fraction of sp³-hybridized carbons (Fsp3) is 0.231. The number of aryl methyl sites for hydroxylation is 1. The Hall–Kier alpha value is -1.81. The van der Waals surface area contributed by atoms with E-state index in [9.17, 15) is 4.79 Å². The summed E-state index contributed by atoms with van der Waals surface area (Å²) in [6.07, 6.45) is 2.61. The van der Waals surface area contributed by atoms with Crippen LogP contribution in [0.2, 0.25) is 5.02 Å². The van der Waals surface area contributed by atoms with Crippen LogP contribution in [0.25, 0.3) is 11.3 Å². The lowest BCUT2D eigenvalue weighted by Crippen LogP contribution is -2.02. The standard InChI is InChI=1S/C13H13ClN2O2/c1-18-13(17)7-6-12-15-8-11(16-12)9-2-4-10(14)5-3-9/h2-5,8H,6-7H2,1H3,(H,15,16). The number of ether oxygens (including phenoxy) is 1. The van der Waals surface area contributed by atoms with Gasteiger partial charge in [0.2, 0.25) is 0 Å². The van der Waals surface area contributed by atoms with Gasteiger partial charge >= 0.3 is 5.97 Å².